The van der Waals surface area contributed by atoms with Crippen LogP contribution in [0.15, 0.2) is 23.1 Å². The van der Waals surface area contributed by atoms with Crippen molar-refractivity contribution in [2.75, 3.05) is 7.11 Å². The molecule has 1 unspecified atom stereocenters. The second kappa shape index (κ2) is 5.52. The third-order valence-corrected chi connectivity index (χ3v) is 5.14. The molecule has 1 atom stereocenters. The molecule has 0 aliphatic heterocycles. The van der Waals surface area contributed by atoms with Crippen LogP contribution in [-0.4, -0.2) is 26.7 Å². The molecule has 0 amide bonds. The maximum atomic E-state index is 12.3. The van der Waals surface area contributed by atoms with Gasteiger partial charge in [-0.05, 0) is 38.0 Å². The molecule has 0 saturated carbocycles. The first-order valence-electron chi connectivity index (χ1n) is 5.67. The Kier molecular flexibility index (Phi) is 4.51. The lowest BCUT2D eigenvalue weighted by molar-refractivity contribution is -0.140. The molecule has 0 saturated heterocycles. The van der Waals surface area contributed by atoms with Gasteiger partial charge in [-0.15, -0.1) is 0 Å². The summed E-state index contributed by atoms with van der Waals surface area (Å²) in [7, 11) is -2.25. The van der Waals surface area contributed by atoms with Gasteiger partial charge in [0.25, 0.3) is 0 Å². The SMILES string of the molecule is COC(=O)CC(C)S(=O)(=O)c1cc(C)ccc1C. The first-order chi connectivity index (χ1) is 8.28. The number of hydrogen-bond acceptors (Lipinski definition) is 4. The van der Waals surface area contributed by atoms with Crippen LogP contribution in [0, 0.1) is 13.8 Å². The van der Waals surface area contributed by atoms with Crippen molar-refractivity contribution in [1.29, 1.82) is 0 Å². The molecule has 1 aromatic carbocycles. The molecule has 0 spiro atoms. The van der Waals surface area contributed by atoms with Crippen molar-refractivity contribution in [3.63, 3.8) is 0 Å². The van der Waals surface area contributed by atoms with E-state index in [-0.39, 0.29) is 6.42 Å². The highest BCUT2D eigenvalue weighted by Gasteiger charge is 2.27. The fraction of sp³-hybridized carbons (Fsp3) is 0.462. The van der Waals surface area contributed by atoms with Gasteiger partial charge in [-0.3, -0.25) is 4.79 Å². The second-order valence-electron chi connectivity index (χ2n) is 4.40. The molecule has 0 N–H and O–H groups in total. The minimum Gasteiger partial charge on any atom is -0.469 e. The molecule has 0 radical (unpaired) electrons. The van der Waals surface area contributed by atoms with Gasteiger partial charge in [-0.2, -0.15) is 0 Å². The molecule has 0 fully saturated rings. The number of esters is 1. The molecule has 1 rings (SSSR count). The number of methoxy groups -OCH3 is 1. The van der Waals surface area contributed by atoms with E-state index in [2.05, 4.69) is 4.74 Å². The predicted molar refractivity (Wildman–Crippen MR) is 69.2 cm³/mol. The Morgan fingerprint density at radius 2 is 1.94 bits per heavy atom. The number of rotatable bonds is 4. The van der Waals surface area contributed by atoms with Crippen LogP contribution in [0.25, 0.3) is 0 Å². The molecule has 1 aromatic rings. The molecule has 0 bridgehead atoms. The van der Waals surface area contributed by atoms with Gasteiger partial charge in [0, 0.05) is 0 Å². The van der Waals surface area contributed by atoms with Gasteiger partial charge >= 0.3 is 5.97 Å². The lowest BCUT2D eigenvalue weighted by atomic mass is 10.2. The smallest absolute Gasteiger partial charge is 0.306 e. The maximum Gasteiger partial charge on any atom is 0.306 e. The highest BCUT2D eigenvalue weighted by Crippen LogP contribution is 2.23. The Morgan fingerprint density at radius 3 is 2.50 bits per heavy atom. The van der Waals surface area contributed by atoms with Gasteiger partial charge in [-0.25, -0.2) is 8.42 Å². The lowest BCUT2D eigenvalue weighted by Crippen LogP contribution is -2.23. The van der Waals surface area contributed by atoms with E-state index in [1.165, 1.54) is 14.0 Å². The molecule has 0 aliphatic rings. The Hall–Kier alpha value is -1.36. The van der Waals surface area contributed by atoms with Crippen molar-refractivity contribution in [2.45, 2.75) is 37.3 Å². The molecule has 5 heteroatoms. The molecule has 18 heavy (non-hydrogen) atoms. The molecular weight excluding hydrogens is 252 g/mol. The summed E-state index contributed by atoms with van der Waals surface area (Å²) in [4.78, 5) is 11.5. The van der Waals surface area contributed by atoms with Crippen LogP contribution in [0.3, 0.4) is 0 Å². The van der Waals surface area contributed by atoms with Crippen molar-refractivity contribution in [3.8, 4) is 0 Å². The summed E-state index contributed by atoms with van der Waals surface area (Å²) in [6, 6.07) is 5.27. The van der Waals surface area contributed by atoms with E-state index in [1.807, 2.05) is 13.0 Å². The zero-order valence-corrected chi connectivity index (χ0v) is 11.9. The molecule has 0 aliphatic carbocycles. The summed E-state index contributed by atoms with van der Waals surface area (Å²) >= 11 is 0. The summed E-state index contributed by atoms with van der Waals surface area (Å²) in [5, 5.41) is -0.787. The topological polar surface area (TPSA) is 60.4 Å². The van der Waals surface area contributed by atoms with Crippen molar-refractivity contribution < 1.29 is 17.9 Å². The van der Waals surface area contributed by atoms with Gasteiger partial charge in [-0.1, -0.05) is 12.1 Å². The molecule has 100 valence electrons. The summed E-state index contributed by atoms with van der Waals surface area (Å²) in [5.41, 5.74) is 1.57. The summed E-state index contributed by atoms with van der Waals surface area (Å²) in [6.07, 6.45) is -0.133. The van der Waals surface area contributed by atoms with E-state index >= 15 is 0 Å². The van der Waals surface area contributed by atoms with Gasteiger partial charge in [0.05, 0.1) is 23.7 Å². The van der Waals surface area contributed by atoms with Crippen LogP contribution >= 0.6 is 0 Å². The highest BCUT2D eigenvalue weighted by atomic mass is 32.2. The zero-order valence-electron chi connectivity index (χ0n) is 11.1. The third-order valence-electron chi connectivity index (χ3n) is 2.86. The Balaban J connectivity index is 3.13. The number of benzene rings is 1. The van der Waals surface area contributed by atoms with E-state index in [0.29, 0.717) is 10.5 Å². The molecule has 0 heterocycles. The summed E-state index contributed by atoms with van der Waals surface area (Å²) in [5.74, 6) is -0.517. The third kappa shape index (κ3) is 3.10. The van der Waals surface area contributed by atoms with Crippen LogP contribution in [0.1, 0.15) is 24.5 Å². The first-order valence-corrected chi connectivity index (χ1v) is 7.21. The number of aryl methyl sites for hydroxylation is 2. The van der Waals surface area contributed by atoms with Gasteiger partial charge in [0.15, 0.2) is 9.84 Å². The fourth-order valence-electron chi connectivity index (χ4n) is 1.66. The summed E-state index contributed by atoms with van der Waals surface area (Å²) < 4.78 is 29.2. The van der Waals surface area contributed by atoms with Crippen LogP contribution in [-0.2, 0) is 19.4 Å². The zero-order chi connectivity index (χ0) is 13.9. The largest absolute Gasteiger partial charge is 0.469 e. The fourth-order valence-corrected chi connectivity index (χ4v) is 3.31. The average Bonchev–Trinajstić information content (AvgIpc) is 2.31. The van der Waals surface area contributed by atoms with E-state index in [0.717, 1.165) is 5.56 Å². The van der Waals surface area contributed by atoms with E-state index in [4.69, 9.17) is 0 Å². The second-order valence-corrected chi connectivity index (χ2v) is 6.74. The monoisotopic (exact) mass is 270 g/mol. The van der Waals surface area contributed by atoms with Crippen molar-refractivity contribution >= 4 is 15.8 Å². The molecule has 0 aromatic heterocycles. The van der Waals surface area contributed by atoms with Gasteiger partial charge < -0.3 is 4.74 Å². The number of carbonyl (C=O) groups is 1. The number of sulfone groups is 1. The van der Waals surface area contributed by atoms with Crippen molar-refractivity contribution in [2.24, 2.45) is 0 Å². The van der Waals surface area contributed by atoms with Gasteiger partial charge in [0.1, 0.15) is 0 Å². The quantitative estimate of drug-likeness (QED) is 0.785. The van der Waals surface area contributed by atoms with E-state index in [9.17, 15) is 13.2 Å². The lowest BCUT2D eigenvalue weighted by Gasteiger charge is -2.14. The normalized spacial score (nSPS) is 13.1. The highest BCUT2D eigenvalue weighted by molar-refractivity contribution is 7.92. The van der Waals surface area contributed by atoms with E-state index < -0.39 is 21.1 Å². The summed E-state index contributed by atoms with van der Waals surface area (Å²) in [6.45, 7) is 5.11. The Morgan fingerprint density at radius 1 is 1.33 bits per heavy atom. The minimum atomic E-state index is -3.50. The minimum absolute atomic E-state index is 0.133. The van der Waals surface area contributed by atoms with Gasteiger partial charge in [0.2, 0.25) is 0 Å². The van der Waals surface area contributed by atoms with E-state index in [1.54, 1.807) is 19.1 Å². The number of ether oxygens (including phenoxy) is 1. The van der Waals surface area contributed by atoms with Crippen molar-refractivity contribution in [1.82, 2.24) is 0 Å². The first kappa shape index (κ1) is 14.7. The number of carbonyl (C=O) groups excluding carboxylic acids is 1. The molecular formula is C13H18O4S. The van der Waals surface area contributed by atoms with Crippen molar-refractivity contribution in [3.05, 3.63) is 29.3 Å². The standard InChI is InChI=1S/C13H18O4S/c1-9-5-6-10(2)12(7-9)18(15,16)11(3)8-13(14)17-4/h5-7,11H,8H2,1-4H3. The van der Waals surface area contributed by atoms with Crippen LogP contribution in [0.2, 0.25) is 0 Å². The molecule has 4 nitrogen and oxygen atoms in total. The predicted octanol–water partition coefficient (Wildman–Crippen LogP) is 2.03. The maximum absolute atomic E-state index is 12.3. The number of hydrogen-bond donors (Lipinski definition) is 0. The average molecular weight is 270 g/mol. The van der Waals surface area contributed by atoms with Crippen LogP contribution in [0.5, 0.6) is 0 Å². The van der Waals surface area contributed by atoms with Crippen LogP contribution < -0.4 is 0 Å². The Bertz CT molecular complexity index is 546. The Labute approximate surface area is 108 Å². The van der Waals surface area contributed by atoms with Crippen LogP contribution in [0.4, 0.5) is 0 Å².